The number of benzene rings is 5. The zero-order valence-electron chi connectivity index (χ0n) is 43.2. The molecule has 60 heavy (non-hydrogen) atoms. The molecule has 0 spiro atoms. The van der Waals surface area contributed by atoms with Crippen LogP contribution in [0.15, 0.2) is 54.6 Å². The van der Waals surface area contributed by atoms with Crippen LogP contribution in [0.1, 0.15) is 201 Å². The Morgan fingerprint density at radius 1 is 0.467 bits per heavy atom. The van der Waals surface area contributed by atoms with Crippen LogP contribution >= 0.6 is 0 Å². The van der Waals surface area contributed by atoms with Crippen molar-refractivity contribution in [3.8, 4) is 0 Å². The third kappa shape index (κ3) is 12.2. The molecule has 5 aromatic rings. The monoisotopic (exact) mass is 811 g/mol. The van der Waals surface area contributed by atoms with Crippen LogP contribution in [0.5, 0.6) is 0 Å². The van der Waals surface area contributed by atoms with Gasteiger partial charge in [0.2, 0.25) is 0 Å². The first kappa shape index (κ1) is 51.0. The number of aryl methyl sites for hydroxylation is 2. The Hall–Kier alpha value is -3.38. The first-order valence-electron chi connectivity index (χ1n) is 23.8. The first-order chi connectivity index (χ1) is 27.7. The number of hydrogen-bond acceptors (Lipinski definition) is 0. The van der Waals surface area contributed by atoms with E-state index in [0.717, 1.165) is 11.8 Å². The standard InChI is InChI=1S/C24H42.C19H20.C17H28/c1-16(22(4,5)6)13-14-19-17(2)20(23(7,8)9)15-21(18(19)3)24(10,11)12;1-3-4-9-15-14(2)16-10-5-6-11-18(16)19-13-8-7-12-17(15)19;1-10(2)9-11(3)17-15(7)13(5)12(4)14(6)16(17)8/h15-16H,13-14H2,1-12H3;5-8,10-13H,3-4,9H2,1-2H3;10-11H,9H2,1-8H3. The molecule has 0 nitrogen and oxygen atoms in total. The predicted molar refractivity (Wildman–Crippen MR) is 273 cm³/mol. The minimum absolute atomic E-state index is 0.197. The summed E-state index contributed by atoms with van der Waals surface area (Å²) >= 11 is 0. The number of fused-ring (bicyclic) bond motifs is 3. The second-order valence-electron chi connectivity index (χ2n) is 22.4. The summed E-state index contributed by atoms with van der Waals surface area (Å²) in [5.74, 6) is 2.17. The lowest BCUT2D eigenvalue weighted by Crippen LogP contribution is -2.22. The molecule has 0 heterocycles. The van der Waals surface area contributed by atoms with Crippen LogP contribution in [0, 0.1) is 72.6 Å². The zero-order chi connectivity index (χ0) is 45.7. The molecule has 0 aromatic heterocycles. The van der Waals surface area contributed by atoms with Gasteiger partial charge in [-0.1, -0.05) is 158 Å². The van der Waals surface area contributed by atoms with Crippen LogP contribution < -0.4 is 0 Å². The molecule has 0 aliphatic carbocycles. The van der Waals surface area contributed by atoms with Crippen molar-refractivity contribution in [3.05, 3.63) is 127 Å². The Morgan fingerprint density at radius 3 is 1.30 bits per heavy atom. The molecule has 0 heteroatoms. The Balaban J connectivity index is 0.000000244. The van der Waals surface area contributed by atoms with Gasteiger partial charge in [-0.2, -0.15) is 0 Å². The number of rotatable bonds is 9. The fourth-order valence-electron chi connectivity index (χ4n) is 9.85. The third-order valence-corrected chi connectivity index (χ3v) is 14.4. The number of hydrogen-bond donors (Lipinski definition) is 0. The summed E-state index contributed by atoms with van der Waals surface area (Å²) in [5, 5.41) is 5.63. The van der Waals surface area contributed by atoms with Gasteiger partial charge in [0, 0.05) is 0 Å². The van der Waals surface area contributed by atoms with Gasteiger partial charge in [-0.05, 0) is 215 Å². The predicted octanol–water partition coefficient (Wildman–Crippen LogP) is 18.5. The molecule has 0 saturated heterocycles. The summed E-state index contributed by atoms with van der Waals surface area (Å²) in [6, 6.07) is 20.1. The highest BCUT2D eigenvalue weighted by Crippen LogP contribution is 2.39. The highest BCUT2D eigenvalue weighted by Gasteiger charge is 2.27. The topological polar surface area (TPSA) is 0 Å². The van der Waals surface area contributed by atoms with E-state index in [1.165, 1.54) is 121 Å². The average Bonchev–Trinajstić information content (AvgIpc) is 3.15. The Labute approximate surface area is 371 Å². The van der Waals surface area contributed by atoms with Crippen molar-refractivity contribution >= 4 is 21.5 Å². The summed E-state index contributed by atoms with van der Waals surface area (Å²) in [6.07, 6.45) is 7.45. The van der Waals surface area contributed by atoms with E-state index in [2.05, 4.69) is 207 Å². The molecule has 0 aliphatic rings. The molecule has 0 amide bonds. The zero-order valence-corrected chi connectivity index (χ0v) is 43.2. The Kier molecular flexibility index (Phi) is 17.6. The molecule has 0 N–H and O–H groups in total. The van der Waals surface area contributed by atoms with E-state index in [1.807, 2.05) is 0 Å². The minimum Gasteiger partial charge on any atom is -0.0654 e. The lowest BCUT2D eigenvalue weighted by Gasteiger charge is -2.32. The molecule has 330 valence electrons. The SMILES string of the molecule is CCCCc1c(C)c2ccccc2c2ccccc12.Cc1c(C(C)(C)C)cc(C(C)(C)C)c(C)c1CCC(C)C(C)(C)C.Cc1c(C)c(C)c(C(C)CC(C)C)c(C)c1C. The maximum Gasteiger partial charge on any atom is -0.0102 e. The van der Waals surface area contributed by atoms with Gasteiger partial charge in [-0.15, -0.1) is 0 Å². The highest BCUT2D eigenvalue weighted by atomic mass is 14.3. The van der Waals surface area contributed by atoms with E-state index in [4.69, 9.17) is 0 Å². The van der Waals surface area contributed by atoms with Crippen molar-refractivity contribution in [2.24, 2.45) is 17.3 Å². The minimum atomic E-state index is 0.197. The average molecular weight is 811 g/mol. The van der Waals surface area contributed by atoms with Crippen molar-refractivity contribution in [1.82, 2.24) is 0 Å². The molecular formula is C60H90. The summed E-state index contributed by atoms with van der Waals surface area (Å²) < 4.78 is 0. The van der Waals surface area contributed by atoms with E-state index in [-0.39, 0.29) is 10.8 Å². The molecule has 2 unspecified atom stereocenters. The van der Waals surface area contributed by atoms with E-state index >= 15 is 0 Å². The maximum absolute atomic E-state index is 2.49. The van der Waals surface area contributed by atoms with Crippen LogP contribution in [-0.4, -0.2) is 0 Å². The summed E-state index contributed by atoms with van der Waals surface area (Å²) in [5.41, 5.74) is 20.5. The molecule has 2 atom stereocenters. The highest BCUT2D eigenvalue weighted by molar-refractivity contribution is 6.10. The van der Waals surface area contributed by atoms with Gasteiger partial charge < -0.3 is 0 Å². The Bertz CT molecular complexity index is 2130. The van der Waals surface area contributed by atoms with Gasteiger partial charge >= 0.3 is 0 Å². The van der Waals surface area contributed by atoms with Gasteiger partial charge in [-0.25, -0.2) is 0 Å². The fourth-order valence-corrected chi connectivity index (χ4v) is 9.85. The van der Waals surface area contributed by atoms with E-state index in [1.54, 1.807) is 11.1 Å². The normalized spacial score (nSPS) is 13.2. The van der Waals surface area contributed by atoms with E-state index < -0.39 is 0 Å². The quantitative estimate of drug-likeness (QED) is 0.130. The maximum atomic E-state index is 2.49. The summed E-state index contributed by atoms with van der Waals surface area (Å²) in [4.78, 5) is 0. The Morgan fingerprint density at radius 2 is 0.883 bits per heavy atom. The van der Waals surface area contributed by atoms with E-state index in [9.17, 15) is 0 Å². The van der Waals surface area contributed by atoms with Crippen LogP contribution in [0.2, 0.25) is 0 Å². The lowest BCUT2D eigenvalue weighted by atomic mass is 9.73. The van der Waals surface area contributed by atoms with Crippen LogP contribution in [0.25, 0.3) is 21.5 Å². The van der Waals surface area contributed by atoms with Crippen LogP contribution in [0.3, 0.4) is 0 Å². The van der Waals surface area contributed by atoms with Crippen molar-refractivity contribution < 1.29 is 0 Å². The van der Waals surface area contributed by atoms with Gasteiger partial charge in [-0.3, -0.25) is 0 Å². The van der Waals surface area contributed by atoms with E-state index in [0.29, 0.717) is 11.3 Å². The van der Waals surface area contributed by atoms with Gasteiger partial charge in [0.15, 0.2) is 0 Å². The largest absolute Gasteiger partial charge is 0.0654 e. The van der Waals surface area contributed by atoms with Gasteiger partial charge in [0.05, 0.1) is 0 Å². The second kappa shape index (κ2) is 20.7. The van der Waals surface area contributed by atoms with Crippen LogP contribution in [-0.2, 0) is 23.7 Å². The molecule has 5 rings (SSSR count). The lowest BCUT2D eigenvalue weighted by molar-refractivity contribution is 0.247. The van der Waals surface area contributed by atoms with Crippen molar-refractivity contribution in [3.63, 3.8) is 0 Å². The molecular weight excluding hydrogens is 721 g/mol. The van der Waals surface area contributed by atoms with Gasteiger partial charge in [0.25, 0.3) is 0 Å². The van der Waals surface area contributed by atoms with Crippen LogP contribution in [0.4, 0.5) is 0 Å². The third-order valence-electron chi connectivity index (χ3n) is 14.4. The number of unbranched alkanes of at least 4 members (excludes halogenated alkanes) is 1. The summed E-state index contributed by atoms with van der Waals surface area (Å²) in [6.45, 7) is 51.2. The molecule has 0 aliphatic heterocycles. The fraction of sp³-hybridized carbons (Fsp3) is 0.567. The van der Waals surface area contributed by atoms with Crippen molar-refractivity contribution in [2.45, 2.75) is 208 Å². The summed E-state index contributed by atoms with van der Waals surface area (Å²) in [7, 11) is 0. The molecule has 0 saturated carbocycles. The molecule has 5 aromatic carbocycles. The molecule has 0 fully saturated rings. The van der Waals surface area contributed by atoms with Crippen molar-refractivity contribution in [1.29, 1.82) is 0 Å². The van der Waals surface area contributed by atoms with Gasteiger partial charge in [0.1, 0.15) is 0 Å². The molecule has 0 bridgehead atoms. The first-order valence-corrected chi connectivity index (χ1v) is 23.8. The molecule has 0 radical (unpaired) electrons. The smallest absolute Gasteiger partial charge is 0.0102 e. The van der Waals surface area contributed by atoms with Crippen molar-refractivity contribution in [2.75, 3.05) is 0 Å². The second-order valence-corrected chi connectivity index (χ2v) is 22.4.